The summed E-state index contributed by atoms with van der Waals surface area (Å²) < 4.78 is 34.3. The molecular weight excluding hydrogens is 378 g/mol. The molecule has 2 aromatic heterocycles. The van der Waals surface area contributed by atoms with Crippen LogP contribution in [0.5, 0.6) is 0 Å². The van der Waals surface area contributed by atoms with E-state index in [2.05, 4.69) is 4.98 Å². The molecule has 2 aromatic carbocycles. The third kappa shape index (κ3) is 3.24. The molecule has 0 radical (unpaired) electrons. The number of carbonyl (C=O) groups is 1. The van der Waals surface area contributed by atoms with Gasteiger partial charge in [0.2, 0.25) is 0 Å². The smallest absolute Gasteiger partial charge is 0.407 e. The first-order valence-electron chi connectivity index (χ1n) is 8.88. The highest BCUT2D eigenvalue weighted by Gasteiger charge is 2.18. The number of aryl methyl sites for hydroxylation is 2. The molecular formula is C22H16F2N2O3. The van der Waals surface area contributed by atoms with Crippen LogP contribution in [0.1, 0.15) is 21.5 Å². The first-order valence-corrected chi connectivity index (χ1v) is 8.88. The van der Waals surface area contributed by atoms with E-state index in [4.69, 9.17) is 4.42 Å². The minimum absolute atomic E-state index is 0.170. The molecule has 0 unspecified atom stereocenters. The normalized spacial score (nSPS) is 11.2. The fourth-order valence-electron chi connectivity index (χ4n) is 3.33. The molecule has 2 heterocycles. The molecule has 146 valence electrons. The number of benzene rings is 2. The Labute approximate surface area is 164 Å². The number of Topliss-reactive ketones (excluding diaryl/α,β-unsaturated/α-hetero) is 1. The summed E-state index contributed by atoms with van der Waals surface area (Å²) in [5.41, 5.74) is 3.35. The van der Waals surface area contributed by atoms with Crippen LogP contribution in [0, 0.1) is 18.6 Å². The predicted molar refractivity (Wildman–Crippen MR) is 104 cm³/mol. The van der Waals surface area contributed by atoms with E-state index >= 15 is 0 Å². The van der Waals surface area contributed by atoms with Crippen molar-refractivity contribution in [2.24, 2.45) is 7.05 Å². The molecule has 0 atom stereocenters. The molecule has 4 aromatic rings. The number of fused-ring (bicyclic) bond motifs is 1. The third-order valence-electron chi connectivity index (χ3n) is 4.92. The summed E-state index contributed by atoms with van der Waals surface area (Å²) in [4.78, 5) is 28.4. The van der Waals surface area contributed by atoms with Crippen LogP contribution in [0.4, 0.5) is 8.78 Å². The van der Waals surface area contributed by atoms with Crippen molar-refractivity contribution in [3.63, 3.8) is 0 Å². The van der Waals surface area contributed by atoms with Crippen molar-refractivity contribution >= 4 is 16.9 Å². The zero-order valence-corrected chi connectivity index (χ0v) is 15.7. The molecule has 0 spiro atoms. The number of aromatic nitrogens is 2. The lowest BCUT2D eigenvalue weighted by Crippen LogP contribution is -2.09. The highest BCUT2D eigenvalue weighted by Crippen LogP contribution is 2.28. The van der Waals surface area contributed by atoms with Gasteiger partial charge in [0.25, 0.3) is 0 Å². The van der Waals surface area contributed by atoms with Crippen molar-refractivity contribution in [3.8, 4) is 11.3 Å². The number of ketones is 1. The Kier molecular flexibility index (Phi) is 4.58. The number of rotatable bonds is 4. The second kappa shape index (κ2) is 7.09. The van der Waals surface area contributed by atoms with E-state index in [1.165, 1.54) is 16.8 Å². The van der Waals surface area contributed by atoms with Crippen molar-refractivity contribution in [3.05, 3.63) is 87.5 Å². The molecule has 0 aliphatic heterocycles. The van der Waals surface area contributed by atoms with Gasteiger partial charge in [-0.15, -0.1) is 0 Å². The van der Waals surface area contributed by atoms with Crippen LogP contribution in [0.15, 0.2) is 57.9 Å². The summed E-state index contributed by atoms with van der Waals surface area (Å²) in [6.45, 7) is 1.83. The van der Waals surface area contributed by atoms with Crippen molar-refractivity contribution < 1.29 is 18.0 Å². The van der Waals surface area contributed by atoms with Crippen LogP contribution in [-0.4, -0.2) is 15.3 Å². The van der Waals surface area contributed by atoms with Crippen molar-refractivity contribution in [1.82, 2.24) is 9.55 Å². The van der Waals surface area contributed by atoms with Gasteiger partial charge in [0.1, 0.15) is 11.6 Å². The lowest BCUT2D eigenvalue weighted by atomic mass is 10.0. The van der Waals surface area contributed by atoms with Crippen LogP contribution < -0.4 is 5.76 Å². The lowest BCUT2D eigenvalue weighted by Gasteiger charge is -2.08. The number of halogens is 2. The van der Waals surface area contributed by atoms with Gasteiger partial charge in [-0.05, 0) is 36.8 Å². The van der Waals surface area contributed by atoms with Crippen molar-refractivity contribution in [2.45, 2.75) is 13.3 Å². The standard InChI is InChI=1S/C22H16F2N2O3/c1-12-14(7-9-18-21(12)29-22(28)26(18)2)17-8-6-13(11-25-17)10-19(27)20-15(23)4-3-5-16(20)24/h3-9,11H,10H2,1-2H3. The fraction of sp³-hybridized carbons (Fsp3) is 0.136. The van der Waals surface area contributed by atoms with Gasteiger partial charge >= 0.3 is 5.76 Å². The maximum Gasteiger partial charge on any atom is 0.419 e. The average Bonchev–Trinajstić information content (AvgIpc) is 2.98. The third-order valence-corrected chi connectivity index (χ3v) is 4.92. The van der Waals surface area contributed by atoms with Gasteiger partial charge in [-0.25, -0.2) is 13.6 Å². The number of pyridine rings is 1. The molecule has 29 heavy (non-hydrogen) atoms. The number of carbonyl (C=O) groups excluding carboxylic acids is 1. The topological polar surface area (TPSA) is 65.1 Å². The zero-order valence-electron chi connectivity index (χ0n) is 15.7. The highest BCUT2D eigenvalue weighted by molar-refractivity contribution is 5.98. The Morgan fingerprint density at radius 1 is 1.10 bits per heavy atom. The molecule has 4 rings (SSSR count). The SMILES string of the molecule is Cc1c(-c2ccc(CC(=O)c3c(F)cccc3F)cn2)ccc2c1oc(=O)n2C. The number of oxazole rings is 1. The monoisotopic (exact) mass is 394 g/mol. The lowest BCUT2D eigenvalue weighted by molar-refractivity contribution is 0.0985. The van der Waals surface area contributed by atoms with Crippen LogP contribution in [0.3, 0.4) is 0 Å². The van der Waals surface area contributed by atoms with Gasteiger partial charge in [-0.3, -0.25) is 14.3 Å². The van der Waals surface area contributed by atoms with E-state index in [0.29, 0.717) is 22.4 Å². The van der Waals surface area contributed by atoms with Gasteiger partial charge in [0.05, 0.1) is 16.8 Å². The largest absolute Gasteiger partial charge is 0.419 e. The first-order chi connectivity index (χ1) is 13.9. The summed E-state index contributed by atoms with van der Waals surface area (Å²) in [6, 6.07) is 10.3. The van der Waals surface area contributed by atoms with Gasteiger partial charge in [-0.1, -0.05) is 18.2 Å². The summed E-state index contributed by atoms with van der Waals surface area (Å²) in [7, 11) is 1.63. The minimum atomic E-state index is -0.882. The molecule has 0 bridgehead atoms. The average molecular weight is 394 g/mol. The van der Waals surface area contributed by atoms with E-state index < -0.39 is 28.7 Å². The minimum Gasteiger partial charge on any atom is -0.407 e. The van der Waals surface area contributed by atoms with Gasteiger partial charge < -0.3 is 4.42 Å². The van der Waals surface area contributed by atoms with Gasteiger partial charge in [0.15, 0.2) is 11.4 Å². The van der Waals surface area contributed by atoms with Gasteiger partial charge in [-0.2, -0.15) is 0 Å². The molecule has 0 aliphatic rings. The van der Waals surface area contributed by atoms with Crippen LogP contribution in [0.25, 0.3) is 22.4 Å². The summed E-state index contributed by atoms with van der Waals surface area (Å²) in [5.74, 6) is -2.86. The van der Waals surface area contributed by atoms with Crippen molar-refractivity contribution in [2.75, 3.05) is 0 Å². The highest BCUT2D eigenvalue weighted by atomic mass is 19.1. The zero-order chi connectivity index (χ0) is 20.7. The maximum atomic E-state index is 13.8. The Morgan fingerprint density at radius 3 is 2.48 bits per heavy atom. The Balaban J connectivity index is 1.63. The molecule has 0 N–H and O–H groups in total. The summed E-state index contributed by atoms with van der Waals surface area (Å²) >= 11 is 0. The Hall–Kier alpha value is -3.61. The van der Waals surface area contributed by atoms with Crippen molar-refractivity contribution in [1.29, 1.82) is 0 Å². The number of nitrogens with zero attached hydrogens (tertiary/aromatic N) is 2. The Bertz CT molecular complexity index is 1280. The van der Waals surface area contributed by atoms with Gasteiger partial charge in [0, 0.05) is 30.8 Å². The molecule has 0 saturated heterocycles. The predicted octanol–water partition coefficient (Wildman–Crippen LogP) is 4.21. The fourth-order valence-corrected chi connectivity index (χ4v) is 3.33. The molecule has 0 fully saturated rings. The second-order valence-electron chi connectivity index (χ2n) is 6.76. The van der Waals surface area contributed by atoms with Crippen LogP contribution in [-0.2, 0) is 13.5 Å². The van der Waals surface area contributed by atoms with Crippen LogP contribution in [0.2, 0.25) is 0 Å². The molecule has 7 heteroatoms. The Morgan fingerprint density at radius 2 is 1.83 bits per heavy atom. The summed E-state index contributed by atoms with van der Waals surface area (Å²) in [5, 5.41) is 0. The van der Waals surface area contributed by atoms with E-state index in [1.807, 2.05) is 13.0 Å². The summed E-state index contributed by atoms with van der Waals surface area (Å²) in [6.07, 6.45) is 1.33. The van der Waals surface area contributed by atoms with E-state index in [-0.39, 0.29) is 6.42 Å². The van der Waals surface area contributed by atoms with E-state index in [1.54, 1.807) is 25.2 Å². The number of hydrogen-bond donors (Lipinski definition) is 0. The van der Waals surface area contributed by atoms with E-state index in [9.17, 15) is 18.4 Å². The van der Waals surface area contributed by atoms with Crippen LogP contribution >= 0.6 is 0 Å². The molecule has 0 amide bonds. The second-order valence-corrected chi connectivity index (χ2v) is 6.76. The quantitative estimate of drug-likeness (QED) is 0.487. The first kappa shape index (κ1) is 18.7. The maximum absolute atomic E-state index is 13.8. The molecule has 0 saturated carbocycles. The molecule has 0 aliphatic carbocycles. The molecule has 5 nitrogen and oxygen atoms in total. The van der Waals surface area contributed by atoms with E-state index in [0.717, 1.165) is 23.3 Å². The number of hydrogen-bond acceptors (Lipinski definition) is 4.